The first kappa shape index (κ1) is 14.2. The zero-order chi connectivity index (χ0) is 12.5. The molecular weight excluding hydrogens is 216 g/mol. The molecule has 1 saturated heterocycles. The van der Waals surface area contributed by atoms with Crippen LogP contribution in [0.3, 0.4) is 0 Å². The molecule has 0 saturated carbocycles. The van der Waals surface area contributed by atoms with Crippen LogP contribution in [0.5, 0.6) is 0 Å². The van der Waals surface area contributed by atoms with Gasteiger partial charge in [-0.1, -0.05) is 38.7 Å². The summed E-state index contributed by atoms with van der Waals surface area (Å²) in [7, 11) is 0. The van der Waals surface area contributed by atoms with Crippen LogP contribution >= 0.6 is 0 Å². The molecule has 3 nitrogen and oxygen atoms in total. The van der Waals surface area contributed by atoms with E-state index in [0.29, 0.717) is 6.42 Å². The summed E-state index contributed by atoms with van der Waals surface area (Å²) < 4.78 is 5.12. The Morgan fingerprint density at radius 3 is 2.82 bits per heavy atom. The molecule has 0 spiro atoms. The quantitative estimate of drug-likeness (QED) is 0.423. The zero-order valence-electron chi connectivity index (χ0n) is 10.7. The maximum absolute atomic E-state index is 11.1. The highest BCUT2D eigenvalue weighted by atomic mass is 16.5. The number of cyclic esters (lactones) is 1. The molecule has 0 amide bonds. The van der Waals surface area contributed by atoms with Gasteiger partial charge in [0, 0.05) is 6.42 Å². The molecular formula is C14H24O3. The first-order valence-corrected chi connectivity index (χ1v) is 6.76. The van der Waals surface area contributed by atoms with Crippen LogP contribution < -0.4 is 0 Å². The van der Waals surface area contributed by atoms with Crippen LogP contribution in [0.15, 0.2) is 12.2 Å². The molecule has 0 aliphatic carbocycles. The highest BCUT2D eigenvalue weighted by molar-refractivity contribution is 5.71. The Balaban J connectivity index is 2.09. The molecule has 0 aromatic rings. The van der Waals surface area contributed by atoms with Crippen LogP contribution in [0, 0.1) is 0 Å². The third kappa shape index (κ3) is 6.47. The number of carbonyl (C=O) groups excluding carboxylic acids is 1. The summed E-state index contributed by atoms with van der Waals surface area (Å²) in [6.07, 6.45) is 11.3. The minimum atomic E-state index is -0.532. The maximum atomic E-state index is 11.1. The molecule has 1 rings (SSSR count). The van der Waals surface area contributed by atoms with Gasteiger partial charge in [0.25, 0.3) is 0 Å². The van der Waals surface area contributed by atoms with Crippen molar-refractivity contribution in [1.29, 1.82) is 0 Å². The van der Waals surface area contributed by atoms with E-state index >= 15 is 0 Å². The second kappa shape index (κ2) is 8.29. The summed E-state index contributed by atoms with van der Waals surface area (Å²) in [5, 5.41) is 9.42. The Kier molecular flexibility index (Phi) is 6.94. The number of aliphatic hydroxyl groups is 1. The molecule has 3 heteroatoms. The Morgan fingerprint density at radius 2 is 2.12 bits per heavy atom. The number of allylic oxidation sites excluding steroid dienone is 1. The van der Waals surface area contributed by atoms with Gasteiger partial charge in [0.05, 0.1) is 12.5 Å². The smallest absolute Gasteiger partial charge is 0.309 e. The summed E-state index contributed by atoms with van der Waals surface area (Å²) in [5.41, 5.74) is 0. The van der Waals surface area contributed by atoms with E-state index in [9.17, 15) is 9.90 Å². The number of unbranched alkanes of at least 4 members (excludes halogenated alkanes) is 5. The van der Waals surface area contributed by atoms with Crippen LogP contribution in [-0.4, -0.2) is 23.3 Å². The van der Waals surface area contributed by atoms with Crippen molar-refractivity contribution in [3.8, 4) is 0 Å². The van der Waals surface area contributed by atoms with Crippen molar-refractivity contribution in [1.82, 2.24) is 0 Å². The minimum absolute atomic E-state index is 0.140. The average Bonchev–Trinajstić information content (AvgIpc) is 2.26. The second-order valence-corrected chi connectivity index (χ2v) is 4.75. The molecule has 1 N–H and O–H groups in total. The molecule has 0 radical (unpaired) electrons. The third-order valence-electron chi connectivity index (χ3n) is 3.01. The highest BCUT2D eigenvalue weighted by Gasteiger charge is 2.24. The van der Waals surface area contributed by atoms with Crippen LogP contribution in [0.1, 0.15) is 58.3 Å². The fraction of sp³-hybridized carbons (Fsp3) is 0.786. The number of hydrogen-bond donors (Lipinski definition) is 1. The molecule has 1 aliphatic heterocycles. The van der Waals surface area contributed by atoms with E-state index in [1.165, 1.54) is 32.1 Å². The predicted molar refractivity (Wildman–Crippen MR) is 67.6 cm³/mol. The normalized spacial score (nSPS) is 25.2. The molecule has 0 aromatic heterocycles. The summed E-state index contributed by atoms with van der Waals surface area (Å²) in [6, 6.07) is 0. The van der Waals surface area contributed by atoms with Crippen LogP contribution in [-0.2, 0) is 9.53 Å². The van der Waals surface area contributed by atoms with Crippen molar-refractivity contribution in [2.24, 2.45) is 0 Å². The molecule has 1 fully saturated rings. The van der Waals surface area contributed by atoms with Gasteiger partial charge in [-0.3, -0.25) is 4.79 Å². The first-order valence-electron chi connectivity index (χ1n) is 6.76. The molecule has 1 aliphatic rings. The number of hydrogen-bond acceptors (Lipinski definition) is 3. The van der Waals surface area contributed by atoms with Crippen molar-refractivity contribution >= 4 is 5.97 Å². The number of carbonyl (C=O) groups is 1. The fourth-order valence-electron chi connectivity index (χ4n) is 2.04. The van der Waals surface area contributed by atoms with Crippen molar-refractivity contribution in [3.63, 3.8) is 0 Å². The van der Waals surface area contributed by atoms with Gasteiger partial charge in [-0.15, -0.1) is 0 Å². The van der Waals surface area contributed by atoms with Crippen molar-refractivity contribution in [2.45, 2.75) is 70.5 Å². The summed E-state index contributed by atoms with van der Waals surface area (Å²) in [6.45, 7) is 2.21. The van der Waals surface area contributed by atoms with E-state index in [0.717, 1.165) is 6.42 Å². The number of ether oxygens (including phenoxy) is 1. The third-order valence-corrected chi connectivity index (χ3v) is 3.01. The van der Waals surface area contributed by atoms with Gasteiger partial charge in [-0.25, -0.2) is 0 Å². The minimum Gasteiger partial charge on any atom is -0.458 e. The first-order chi connectivity index (χ1) is 8.22. The van der Waals surface area contributed by atoms with E-state index in [2.05, 4.69) is 13.0 Å². The average molecular weight is 240 g/mol. The molecule has 98 valence electrons. The van der Waals surface area contributed by atoms with Crippen molar-refractivity contribution in [2.75, 3.05) is 0 Å². The molecule has 0 bridgehead atoms. The van der Waals surface area contributed by atoms with Gasteiger partial charge in [-0.05, 0) is 18.9 Å². The van der Waals surface area contributed by atoms with E-state index in [-0.39, 0.29) is 18.5 Å². The van der Waals surface area contributed by atoms with Gasteiger partial charge in [-0.2, -0.15) is 0 Å². The lowest BCUT2D eigenvalue weighted by atomic mass is 10.0. The van der Waals surface area contributed by atoms with Gasteiger partial charge >= 0.3 is 5.97 Å². The summed E-state index contributed by atoms with van der Waals surface area (Å²) in [4.78, 5) is 11.1. The lowest BCUT2D eigenvalue weighted by Gasteiger charge is -2.23. The standard InChI is InChI=1S/C14H24O3/c1-2-3-4-5-6-7-8-9-13-10-12(15)11-14(16)17-13/h8-9,12-13,15H,2-7,10-11H2,1H3/b9-8+/t12-,13+/m1/s1. The highest BCUT2D eigenvalue weighted by Crippen LogP contribution is 2.16. The molecule has 17 heavy (non-hydrogen) atoms. The molecule has 0 aromatic carbocycles. The van der Waals surface area contributed by atoms with Gasteiger partial charge < -0.3 is 9.84 Å². The van der Waals surface area contributed by atoms with E-state index in [1.54, 1.807) is 0 Å². The zero-order valence-corrected chi connectivity index (χ0v) is 10.7. The van der Waals surface area contributed by atoms with E-state index in [1.807, 2.05) is 6.08 Å². The maximum Gasteiger partial charge on any atom is 0.309 e. The van der Waals surface area contributed by atoms with Crippen molar-refractivity contribution in [3.05, 3.63) is 12.2 Å². The number of rotatable bonds is 7. The lowest BCUT2D eigenvalue weighted by Crippen LogP contribution is -2.31. The van der Waals surface area contributed by atoms with Gasteiger partial charge in [0.15, 0.2) is 0 Å². The van der Waals surface area contributed by atoms with E-state index in [4.69, 9.17) is 4.74 Å². The number of aliphatic hydroxyl groups excluding tert-OH is 1. The van der Waals surface area contributed by atoms with E-state index < -0.39 is 6.10 Å². The molecule has 2 atom stereocenters. The summed E-state index contributed by atoms with van der Waals surface area (Å²) in [5.74, 6) is -0.290. The van der Waals surface area contributed by atoms with Crippen LogP contribution in [0.4, 0.5) is 0 Å². The Bertz CT molecular complexity index is 248. The van der Waals surface area contributed by atoms with Crippen molar-refractivity contribution < 1.29 is 14.6 Å². The Morgan fingerprint density at radius 1 is 1.35 bits per heavy atom. The lowest BCUT2D eigenvalue weighted by molar-refractivity contribution is -0.156. The SMILES string of the molecule is CCCCCCC/C=C/[C@H]1C[C@@H](O)CC(=O)O1. The molecule has 1 heterocycles. The second-order valence-electron chi connectivity index (χ2n) is 4.75. The number of esters is 1. The Labute approximate surface area is 104 Å². The summed E-state index contributed by atoms with van der Waals surface area (Å²) >= 11 is 0. The van der Waals surface area contributed by atoms with Crippen LogP contribution in [0.25, 0.3) is 0 Å². The Hall–Kier alpha value is -0.830. The topological polar surface area (TPSA) is 46.5 Å². The van der Waals surface area contributed by atoms with Gasteiger partial charge in [0.1, 0.15) is 6.10 Å². The van der Waals surface area contributed by atoms with Crippen LogP contribution in [0.2, 0.25) is 0 Å². The monoisotopic (exact) mass is 240 g/mol. The predicted octanol–water partition coefficient (Wildman–Crippen LogP) is 2.97. The largest absolute Gasteiger partial charge is 0.458 e. The fourth-order valence-corrected chi connectivity index (χ4v) is 2.04. The van der Waals surface area contributed by atoms with Gasteiger partial charge in [0.2, 0.25) is 0 Å². The molecule has 0 unspecified atom stereocenters.